The molecule has 7 heteroatoms. The second-order valence-corrected chi connectivity index (χ2v) is 7.28. The molecule has 0 aliphatic heterocycles. The van der Waals surface area contributed by atoms with Crippen molar-refractivity contribution in [3.05, 3.63) is 64.0 Å². The fourth-order valence-electron chi connectivity index (χ4n) is 3.00. The van der Waals surface area contributed by atoms with Gasteiger partial charge in [0.05, 0.1) is 17.8 Å². The van der Waals surface area contributed by atoms with E-state index in [1.165, 1.54) is 7.11 Å². The van der Waals surface area contributed by atoms with Gasteiger partial charge in [0.1, 0.15) is 5.75 Å². The Morgan fingerprint density at radius 2 is 1.86 bits per heavy atom. The summed E-state index contributed by atoms with van der Waals surface area (Å²) in [6, 6.07) is 11.8. The van der Waals surface area contributed by atoms with E-state index in [2.05, 4.69) is 10.6 Å². The number of anilines is 2. The maximum Gasteiger partial charge on any atom is 0.323 e. The quantitative estimate of drug-likeness (QED) is 0.636. The first kappa shape index (κ1) is 19.8. The van der Waals surface area contributed by atoms with E-state index >= 15 is 0 Å². The van der Waals surface area contributed by atoms with Crippen molar-refractivity contribution in [2.45, 2.75) is 20.4 Å². The Bertz CT molecular complexity index is 1080. The number of carbonyl (C=O) groups excluding carboxylic acids is 1. The molecule has 3 aromatic rings. The van der Waals surface area contributed by atoms with Crippen LogP contribution in [0.3, 0.4) is 0 Å². The standard InChI is InChI=1S/C21H22ClN3O3/c1-13(2)11-25-12-18(15-6-4-5-7-16(15)20(25)26)24-21(27)23-14-8-9-19(28-3)17(22)10-14/h4-10,12-13H,11H2,1-3H3,(H2,23,24,27). The molecule has 0 saturated heterocycles. The van der Waals surface area contributed by atoms with E-state index < -0.39 is 6.03 Å². The number of halogens is 1. The second-order valence-electron chi connectivity index (χ2n) is 6.87. The van der Waals surface area contributed by atoms with Crippen LogP contribution >= 0.6 is 11.6 Å². The second kappa shape index (κ2) is 8.35. The first-order valence-electron chi connectivity index (χ1n) is 8.92. The number of urea groups is 1. The van der Waals surface area contributed by atoms with Gasteiger partial charge in [-0.1, -0.05) is 43.6 Å². The van der Waals surface area contributed by atoms with Gasteiger partial charge in [0.2, 0.25) is 0 Å². The van der Waals surface area contributed by atoms with Crippen LogP contribution < -0.4 is 20.9 Å². The lowest BCUT2D eigenvalue weighted by Crippen LogP contribution is -2.25. The highest BCUT2D eigenvalue weighted by Crippen LogP contribution is 2.27. The number of rotatable bonds is 5. The van der Waals surface area contributed by atoms with Gasteiger partial charge in [0, 0.05) is 29.2 Å². The summed E-state index contributed by atoms with van der Waals surface area (Å²) in [4.78, 5) is 25.2. The fourth-order valence-corrected chi connectivity index (χ4v) is 3.26. The van der Waals surface area contributed by atoms with Gasteiger partial charge in [-0.15, -0.1) is 0 Å². The zero-order chi connectivity index (χ0) is 20.3. The molecular weight excluding hydrogens is 378 g/mol. The minimum atomic E-state index is -0.430. The van der Waals surface area contributed by atoms with Crippen LogP contribution in [0.4, 0.5) is 16.2 Å². The third-order valence-corrected chi connectivity index (χ3v) is 4.51. The first-order chi connectivity index (χ1) is 13.4. The van der Waals surface area contributed by atoms with Crippen molar-refractivity contribution in [2.24, 2.45) is 5.92 Å². The van der Waals surface area contributed by atoms with Crippen molar-refractivity contribution in [1.82, 2.24) is 4.57 Å². The molecule has 28 heavy (non-hydrogen) atoms. The molecular formula is C21H22ClN3O3. The van der Waals surface area contributed by atoms with Crippen LogP contribution in [0, 0.1) is 5.92 Å². The SMILES string of the molecule is COc1ccc(NC(=O)Nc2cn(CC(C)C)c(=O)c3ccccc23)cc1Cl. The molecule has 0 unspecified atom stereocenters. The molecule has 0 radical (unpaired) electrons. The monoisotopic (exact) mass is 399 g/mol. The molecule has 1 aromatic heterocycles. The largest absolute Gasteiger partial charge is 0.495 e. The molecule has 2 N–H and O–H groups in total. The molecule has 0 saturated carbocycles. The molecule has 0 aliphatic rings. The van der Waals surface area contributed by atoms with Crippen LogP contribution in [-0.2, 0) is 6.54 Å². The number of amides is 2. The van der Waals surface area contributed by atoms with Crippen LogP contribution in [0.25, 0.3) is 10.8 Å². The number of aromatic nitrogens is 1. The Hall–Kier alpha value is -2.99. The minimum absolute atomic E-state index is 0.0720. The molecule has 146 valence electrons. The third kappa shape index (κ3) is 4.28. The van der Waals surface area contributed by atoms with Gasteiger partial charge in [0.15, 0.2) is 0 Å². The van der Waals surface area contributed by atoms with Crippen molar-refractivity contribution in [2.75, 3.05) is 17.7 Å². The van der Waals surface area contributed by atoms with Crippen LogP contribution in [0.5, 0.6) is 5.75 Å². The average Bonchev–Trinajstić information content (AvgIpc) is 2.65. The summed E-state index contributed by atoms with van der Waals surface area (Å²) in [5.41, 5.74) is 1.02. The molecule has 2 aromatic carbocycles. The number of hydrogen-bond donors (Lipinski definition) is 2. The summed E-state index contributed by atoms with van der Waals surface area (Å²) in [7, 11) is 1.53. The van der Waals surface area contributed by atoms with Gasteiger partial charge < -0.3 is 19.9 Å². The molecule has 0 bridgehead atoms. The highest BCUT2D eigenvalue weighted by Gasteiger charge is 2.12. The zero-order valence-corrected chi connectivity index (χ0v) is 16.7. The van der Waals surface area contributed by atoms with Crippen LogP contribution in [-0.4, -0.2) is 17.7 Å². The highest BCUT2D eigenvalue weighted by molar-refractivity contribution is 6.32. The van der Waals surface area contributed by atoms with Crippen molar-refractivity contribution in [1.29, 1.82) is 0 Å². The van der Waals surface area contributed by atoms with Gasteiger partial charge in [-0.2, -0.15) is 0 Å². The lowest BCUT2D eigenvalue weighted by molar-refractivity contribution is 0.262. The van der Waals surface area contributed by atoms with Crippen molar-refractivity contribution < 1.29 is 9.53 Å². The Labute approximate surface area is 168 Å². The van der Waals surface area contributed by atoms with Gasteiger partial charge in [-0.25, -0.2) is 4.79 Å². The molecule has 3 rings (SSSR count). The van der Waals surface area contributed by atoms with Crippen LogP contribution in [0.2, 0.25) is 5.02 Å². The Morgan fingerprint density at radius 3 is 2.50 bits per heavy atom. The topological polar surface area (TPSA) is 72.4 Å². The molecule has 1 heterocycles. The smallest absolute Gasteiger partial charge is 0.323 e. The van der Waals surface area contributed by atoms with Crippen LogP contribution in [0.1, 0.15) is 13.8 Å². The highest BCUT2D eigenvalue weighted by atomic mass is 35.5. The predicted octanol–water partition coefficient (Wildman–Crippen LogP) is 4.96. The molecule has 2 amide bonds. The van der Waals surface area contributed by atoms with E-state index in [9.17, 15) is 9.59 Å². The number of ether oxygens (including phenoxy) is 1. The summed E-state index contributed by atoms with van der Waals surface area (Å²) < 4.78 is 6.74. The number of methoxy groups -OCH3 is 1. The van der Waals surface area contributed by atoms with E-state index in [0.717, 1.165) is 0 Å². The van der Waals surface area contributed by atoms with Crippen molar-refractivity contribution in [3.8, 4) is 5.75 Å². The Kier molecular flexibility index (Phi) is 5.90. The van der Waals surface area contributed by atoms with Crippen LogP contribution in [0.15, 0.2) is 53.5 Å². The van der Waals surface area contributed by atoms with Gasteiger partial charge in [-0.05, 0) is 30.2 Å². The molecule has 0 fully saturated rings. The summed E-state index contributed by atoms with van der Waals surface area (Å²) in [6.07, 6.45) is 1.69. The Morgan fingerprint density at radius 1 is 1.14 bits per heavy atom. The Balaban J connectivity index is 1.90. The van der Waals surface area contributed by atoms with E-state index in [4.69, 9.17) is 16.3 Å². The number of nitrogens with one attached hydrogen (secondary N) is 2. The third-order valence-electron chi connectivity index (χ3n) is 4.21. The summed E-state index contributed by atoms with van der Waals surface area (Å²) in [5.74, 6) is 0.821. The number of fused-ring (bicyclic) bond motifs is 1. The van der Waals surface area contributed by atoms with E-state index in [0.29, 0.717) is 45.4 Å². The van der Waals surface area contributed by atoms with Crippen molar-refractivity contribution >= 4 is 39.8 Å². The number of pyridine rings is 1. The number of benzene rings is 2. The molecule has 0 aliphatic carbocycles. The van der Waals surface area contributed by atoms with E-state index in [1.807, 2.05) is 32.0 Å². The van der Waals surface area contributed by atoms with E-state index in [-0.39, 0.29) is 5.56 Å². The van der Waals surface area contributed by atoms with Gasteiger partial charge in [0.25, 0.3) is 5.56 Å². The number of hydrogen-bond acceptors (Lipinski definition) is 3. The predicted molar refractivity (Wildman–Crippen MR) is 114 cm³/mol. The normalized spacial score (nSPS) is 10.9. The van der Waals surface area contributed by atoms with Gasteiger partial charge >= 0.3 is 6.03 Å². The number of carbonyl (C=O) groups is 1. The lowest BCUT2D eigenvalue weighted by atomic mass is 10.1. The number of nitrogens with zero attached hydrogens (tertiary/aromatic N) is 1. The summed E-state index contributed by atoms with van der Waals surface area (Å²) in [5, 5.41) is 7.24. The zero-order valence-electron chi connectivity index (χ0n) is 16.0. The first-order valence-corrected chi connectivity index (χ1v) is 9.30. The average molecular weight is 400 g/mol. The summed E-state index contributed by atoms with van der Waals surface area (Å²) in [6.45, 7) is 4.64. The molecule has 0 spiro atoms. The fraction of sp³-hybridized carbons (Fsp3) is 0.238. The maximum absolute atomic E-state index is 12.7. The van der Waals surface area contributed by atoms with E-state index in [1.54, 1.807) is 35.0 Å². The molecule has 0 atom stereocenters. The summed E-state index contributed by atoms with van der Waals surface area (Å²) >= 11 is 6.10. The maximum atomic E-state index is 12.7. The minimum Gasteiger partial charge on any atom is -0.495 e. The van der Waals surface area contributed by atoms with Crippen molar-refractivity contribution in [3.63, 3.8) is 0 Å². The lowest BCUT2D eigenvalue weighted by Gasteiger charge is -2.15. The molecule has 6 nitrogen and oxygen atoms in total. The van der Waals surface area contributed by atoms with Gasteiger partial charge in [-0.3, -0.25) is 4.79 Å².